The Bertz CT molecular complexity index is 643. The molecule has 116 valence electrons. The molecule has 3 rings (SSSR count). The zero-order chi connectivity index (χ0) is 15.4. The molecule has 1 aromatic carbocycles. The smallest absolute Gasteiger partial charge is 0.370 e. The van der Waals surface area contributed by atoms with Crippen LogP contribution in [0.1, 0.15) is 12.6 Å². The van der Waals surface area contributed by atoms with E-state index in [0.717, 1.165) is 30.5 Å². The Morgan fingerprint density at radius 2 is 1.86 bits per heavy atom. The van der Waals surface area contributed by atoms with Crippen molar-refractivity contribution in [1.29, 1.82) is 0 Å². The predicted molar refractivity (Wildman–Crippen MR) is 95.1 cm³/mol. The Morgan fingerprint density at radius 1 is 1.14 bits per heavy atom. The fraction of sp³-hybridized carbons (Fsp3) is 0.438. The summed E-state index contributed by atoms with van der Waals surface area (Å²) in [6, 6.07) is 8.41. The van der Waals surface area contributed by atoms with E-state index in [4.69, 9.17) is 0 Å². The minimum Gasteiger partial charge on any atom is -0.370 e. The quantitative estimate of drug-likeness (QED) is 0.616. The lowest BCUT2D eigenvalue weighted by Gasteiger charge is -2.28. The van der Waals surface area contributed by atoms with Gasteiger partial charge in [-0.05, 0) is 54.6 Å². The summed E-state index contributed by atoms with van der Waals surface area (Å²) >= 11 is 3.67. The fourth-order valence-corrected chi connectivity index (χ4v) is 4.33. The van der Waals surface area contributed by atoms with Gasteiger partial charge in [-0.15, -0.1) is 0 Å². The van der Waals surface area contributed by atoms with Crippen LogP contribution >= 0.6 is 23.1 Å². The average molecular weight is 334 g/mol. The molecule has 1 fully saturated rings. The van der Waals surface area contributed by atoms with Gasteiger partial charge in [0, 0.05) is 35.7 Å². The summed E-state index contributed by atoms with van der Waals surface area (Å²) in [5.41, 5.74) is 3.43. The topological polar surface area (TPSA) is 31.8 Å². The van der Waals surface area contributed by atoms with Crippen molar-refractivity contribution >= 4 is 39.6 Å². The minimum absolute atomic E-state index is 0.906. The number of hydrogen-bond acceptors (Lipinski definition) is 5. The Labute approximate surface area is 139 Å². The van der Waals surface area contributed by atoms with Gasteiger partial charge in [0.2, 0.25) is 0 Å². The van der Waals surface area contributed by atoms with E-state index in [0.29, 0.717) is 0 Å². The van der Waals surface area contributed by atoms with Crippen LogP contribution in [0.3, 0.4) is 0 Å². The summed E-state index contributed by atoms with van der Waals surface area (Å²) < 4.78 is 2.17. The number of anilines is 1. The average Bonchev–Trinajstić information content (AvgIpc) is 2.94. The molecule has 0 bridgehead atoms. The molecule has 0 radical (unpaired) electrons. The van der Waals surface area contributed by atoms with E-state index in [2.05, 4.69) is 63.2 Å². The van der Waals surface area contributed by atoms with Crippen LogP contribution in [-0.4, -0.2) is 24.6 Å². The maximum atomic E-state index is 4.40. The first kappa shape index (κ1) is 15.5. The summed E-state index contributed by atoms with van der Waals surface area (Å²) in [6.45, 7) is 7.43. The van der Waals surface area contributed by atoms with Gasteiger partial charge in [0.05, 0.1) is 11.7 Å². The monoisotopic (exact) mass is 333 g/mol. The van der Waals surface area contributed by atoms with Gasteiger partial charge in [-0.1, -0.05) is 0 Å². The van der Waals surface area contributed by atoms with Crippen LogP contribution < -0.4 is 9.47 Å². The van der Waals surface area contributed by atoms with Gasteiger partial charge in [0.1, 0.15) is 11.4 Å². The highest BCUT2D eigenvalue weighted by molar-refractivity contribution is 7.99. The lowest BCUT2D eigenvalue weighted by Crippen LogP contribution is -2.32. The number of aryl methyl sites for hydroxylation is 1. The number of azo groups is 1. The molecule has 2 heterocycles. The molecular formula is C16H21N4S2+. The molecule has 1 aromatic heterocycles. The maximum absolute atomic E-state index is 4.40. The van der Waals surface area contributed by atoms with E-state index in [9.17, 15) is 0 Å². The number of rotatable bonds is 4. The molecule has 22 heavy (non-hydrogen) atoms. The zero-order valence-electron chi connectivity index (χ0n) is 13.0. The molecule has 0 unspecified atom stereocenters. The van der Waals surface area contributed by atoms with Crippen LogP contribution in [0.15, 0.2) is 39.9 Å². The molecule has 0 saturated carbocycles. The molecule has 6 heteroatoms. The van der Waals surface area contributed by atoms with E-state index in [1.807, 2.05) is 11.8 Å². The first-order valence-electron chi connectivity index (χ1n) is 7.60. The highest BCUT2D eigenvalue weighted by atomic mass is 32.2. The zero-order valence-corrected chi connectivity index (χ0v) is 14.7. The van der Waals surface area contributed by atoms with Crippen LogP contribution in [0.5, 0.6) is 0 Å². The third-order valence-electron chi connectivity index (χ3n) is 3.78. The van der Waals surface area contributed by atoms with Gasteiger partial charge in [0.15, 0.2) is 0 Å². The van der Waals surface area contributed by atoms with Crippen molar-refractivity contribution < 1.29 is 4.57 Å². The predicted octanol–water partition coefficient (Wildman–Crippen LogP) is 4.33. The fourth-order valence-electron chi connectivity index (χ4n) is 2.53. The normalized spacial score (nSPS) is 15.6. The largest absolute Gasteiger partial charge is 0.408 e. The molecule has 1 aliphatic heterocycles. The van der Waals surface area contributed by atoms with Gasteiger partial charge in [0.25, 0.3) is 0 Å². The number of benzene rings is 1. The molecule has 0 spiro atoms. The summed E-state index contributed by atoms with van der Waals surface area (Å²) in [6.07, 6.45) is 0. The highest BCUT2D eigenvalue weighted by Gasteiger charge is 2.14. The number of thioether (sulfide) groups is 1. The molecular weight excluding hydrogens is 312 g/mol. The Kier molecular flexibility index (Phi) is 5.10. The van der Waals surface area contributed by atoms with Crippen molar-refractivity contribution in [1.82, 2.24) is 0 Å². The first-order valence-corrected chi connectivity index (χ1v) is 9.64. The lowest BCUT2D eigenvalue weighted by atomic mass is 10.2. The van der Waals surface area contributed by atoms with Gasteiger partial charge in [-0.2, -0.15) is 11.8 Å². The van der Waals surface area contributed by atoms with Crippen LogP contribution in [0.2, 0.25) is 0 Å². The molecule has 1 saturated heterocycles. The van der Waals surface area contributed by atoms with Crippen LogP contribution in [0.4, 0.5) is 16.5 Å². The van der Waals surface area contributed by atoms with Gasteiger partial charge >= 0.3 is 5.13 Å². The molecule has 2 aromatic rings. The first-order chi connectivity index (χ1) is 10.8. The van der Waals surface area contributed by atoms with E-state index in [-0.39, 0.29) is 0 Å². The van der Waals surface area contributed by atoms with Gasteiger partial charge in [-0.3, -0.25) is 0 Å². The molecule has 0 aliphatic carbocycles. The lowest BCUT2D eigenvalue weighted by molar-refractivity contribution is -0.682. The summed E-state index contributed by atoms with van der Waals surface area (Å²) in [5, 5.41) is 11.9. The van der Waals surface area contributed by atoms with Gasteiger partial charge < -0.3 is 4.90 Å². The van der Waals surface area contributed by atoms with E-state index >= 15 is 0 Å². The second kappa shape index (κ2) is 7.24. The van der Waals surface area contributed by atoms with E-state index in [1.165, 1.54) is 22.9 Å². The van der Waals surface area contributed by atoms with Crippen LogP contribution in [0.25, 0.3) is 0 Å². The van der Waals surface area contributed by atoms with E-state index in [1.54, 1.807) is 11.3 Å². The maximum Gasteiger partial charge on any atom is 0.408 e. The Morgan fingerprint density at radius 3 is 2.55 bits per heavy atom. The standard InChI is InChI=1S/C16H21N4S2/c1-3-20-13(2)12-22-16(20)18-17-14-4-6-15(7-5-14)19-8-10-21-11-9-19/h4-7,12H,3,8-11H2,1-2H3/q+1. The second-order valence-electron chi connectivity index (χ2n) is 5.22. The number of hydrogen-bond donors (Lipinski definition) is 0. The van der Waals surface area contributed by atoms with E-state index < -0.39 is 0 Å². The number of nitrogens with zero attached hydrogens (tertiary/aromatic N) is 4. The SMILES string of the molecule is CC[n+]1c(C)csc1/N=N/c1ccc(N2CCSCC2)cc1. The molecule has 0 N–H and O–H groups in total. The van der Waals surface area contributed by atoms with Crippen molar-refractivity contribution in [3.05, 3.63) is 35.3 Å². The van der Waals surface area contributed by atoms with Gasteiger partial charge in [-0.25, -0.2) is 4.57 Å². The second-order valence-corrected chi connectivity index (χ2v) is 7.28. The third-order valence-corrected chi connectivity index (χ3v) is 5.70. The summed E-state index contributed by atoms with van der Waals surface area (Å²) in [5.74, 6) is 2.44. The number of thiazole rings is 1. The van der Waals surface area contributed by atoms with Crippen molar-refractivity contribution in [3.63, 3.8) is 0 Å². The molecule has 0 amide bonds. The van der Waals surface area contributed by atoms with Crippen LogP contribution in [-0.2, 0) is 6.54 Å². The number of aromatic nitrogens is 1. The van der Waals surface area contributed by atoms with Crippen molar-refractivity contribution in [3.8, 4) is 0 Å². The van der Waals surface area contributed by atoms with Crippen molar-refractivity contribution in [2.75, 3.05) is 29.5 Å². The summed E-state index contributed by atoms with van der Waals surface area (Å²) in [7, 11) is 0. The molecule has 4 nitrogen and oxygen atoms in total. The Balaban J connectivity index is 1.71. The third kappa shape index (κ3) is 3.50. The van der Waals surface area contributed by atoms with Crippen molar-refractivity contribution in [2.24, 2.45) is 10.2 Å². The summed E-state index contributed by atoms with van der Waals surface area (Å²) in [4.78, 5) is 2.44. The molecule has 0 atom stereocenters. The highest BCUT2D eigenvalue weighted by Crippen LogP contribution is 2.24. The molecule has 1 aliphatic rings. The minimum atomic E-state index is 0.906. The Hall–Kier alpha value is -1.40. The van der Waals surface area contributed by atoms with Crippen molar-refractivity contribution in [2.45, 2.75) is 20.4 Å². The van der Waals surface area contributed by atoms with Crippen LogP contribution in [0, 0.1) is 6.92 Å².